The molecular formula is C13H21N5O. The normalized spacial score (nSPS) is 11.4. The molecule has 0 radical (unpaired) electrons. The number of hydrogen-bond acceptors (Lipinski definition) is 5. The fourth-order valence-electron chi connectivity index (χ4n) is 1.77. The Morgan fingerprint density at radius 2 is 2.16 bits per heavy atom. The first kappa shape index (κ1) is 13.7. The van der Waals surface area contributed by atoms with Gasteiger partial charge in [-0.3, -0.25) is 4.68 Å². The standard InChI is InChI=1S/C13H21N5O/c1-10(2)4-6-19-7-5-14-12-11-8-17-18(3)13(11)16-9-15-12/h8-10H,4-7H2,1-3H3,(H,14,15,16). The Labute approximate surface area is 113 Å². The summed E-state index contributed by atoms with van der Waals surface area (Å²) in [6.07, 6.45) is 4.42. The summed E-state index contributed by atoms with van der Waals surface area (Å²) in [5, 5.41) is 8.37. The molecule has 0 saturated carbocycles. The lowest BCUT2D eigenvalue weighted by atomic mass is 10.1. The Kier molecular flexibility index (Phi) is 4.68. The number of aromatic nitrogens is 4. The van der Waals surface area contributed by atoms with Gasteiger partial charge < -0.3 is 10.1 Å². The molecule has 19 heavy (non-hydrogen) atoms. The molecular weight excluding hydrogens is 242 g/mol. The minimum Gasteiger partial charge on any atom is -0.380 e. The minimum absolute atomic E-state index is 0.679. The molecule has 0 spiro atoms. The first-order valence-electron chi connectivity index (χ1n) is 6.63. The topological polar surface area (TPSA) is 64.9 Å². The molecule has 0 atom stereocenters. The highest BCUT2D eigenvalue weighted by Gasteiger charge is 2.06. The van der Waals surface area contributed by atoms with E-state index in [9.17, 15) is 0 Å². The van der Waals surface area contributed by atoms with Gasteiger partial charge in [0.2, 0.25) is 0 Å². The molecule has 2 aromatic rings. The van der Waals surface area contributed by atoms with Crippen molar-refractivity contribution < 1.29 is 4.74 Å². The van der Waals surface area contributed by atoms with Gasteiger partial charge >= 0.3 is 0 Å². The van der Waals surface area contributed by atoms with E-state index in [2.05, 4.69) is 34.2 Å². The van der Waals surface area contributed by atoms with Crippen molar-refractivity contribution in [2.75, 3.05) is 25.1 Å². The third-order valence-corrected chi connectivity index (χ3v) is 2.91. The van der Waals surface area contributed by atoms with E-state index in [4.69, 9.17) is 4.74 Å². The van der Waals surface area contributed by atoms with E-state index in [-0.39, 0.29) is 0 Å². The molecule has 0 bridgehead atoms. The Morgan fingerprint density at radius 3 is 2.95 bits per heavy atom. The van der Waals surface area contributed by atoms with E-state index < -0.39 is 0 Å². The Morgan fingerprint density at radius 1 is 1.32 bits per heavy atom. The van der Waals surface area contributed by atoms with Crippen LogP contribution in [0.15, 0.2) is 12.5 Å². The predicted molar refractivity (Wildman–Crippen MR) is 75.1 cm³/mol. The Hall–Kier alpha value is -1.69. The van der Waals surface area contributed by atoms with Crippen molar-refractivity contribution in [1.29, 1.82) is 0 Å². The van der Waals surface area contributed by atoms with Crippen LogP contribution in [0.4, 0.5) is 5.82 Å². The fourth-order valence-corrected chi connectivity index (χ4v) is 1.77. The van der Waals surface area contributed by atoms with Gasteiger partial charge in [0.1, 0.15) is 12.1 Å². The number of nitrogens with one attached hydrogen (secondary N) is 1. The zero-order valence-corrected chi connectivity index (χ0v) is 11.8. The van der Waals surface area contributed by atoms with Crippen LogP contribution >= 0.6 is 0 Å². The smallest absolute Gasteiger partial charge is 0.163 e. The minimum atomic E-state index is 0.679. The quantitative estimate of drug-likeness (QED) is 0.772. The van der Waals surface area contributed by atoms with Crippen LogP contribution in [0.1, 0.15) is 20.3 Å². The molecule has 0 unspecified atom stereocenters. The largest absolute Gasteiger partial charge is 0.380 e. The average Bonchev–Trinajstić information content (AvgIpc) is 2.76. The van der Waals surface area contributed by atoms with Gasteiger partial charge in [-0.1, -0.05) is 13.8 Å². The molecule has 2 rings (SSSR count). The molecule has 1 N–H and O–H groups in total. The summed E-state index contributed by atoms with van der Waals surface area (Å²) >= 11 is 0. The summed E-state index contributed by atoms with van der Waals surface area (Å²) in [5.74, 6) is 1.50. The average molecular weight is 263 g/mol. The number of nitrogens with zero attached hydrogens (tertiary/aromatic N) is 4. The zero-order valence-electron chi connectivity index (χ0n) is 11.8. The Bertz CT molecular complexity index is 523. The lowest BCUT2D eigenvalue weighted by molar-refractivity contribution is 0.132. The predicted octanol–water partition coefficient (Wildman–Crippen LogP) is 1.84. The molecule has 0 aliphatic rings. The van der Waals surface area contributed by atoms with Crippen molar-refractivity contribution in [3.8, 4) is 0 Å². The van der Waals surface area contributed by atoms with Crippen molar-refractivity contribution in [1.82, 2.24) is 19.7 Å². The third kappa shape index (κ3) is 3.64. The number of aryl methyl sites for hydroxylation is 1. The SMILES string of the molecule is CC(C)CCOCCNc1ncnc2c1cnn2C. The summed E-state index contributed by atoms with van der Waals surface area (Å²) in [7, 11) is 1.87. The fraction of sp³-hybridized carbons (Fsp3) is 0.615. The van der Waals surface area contributed by atoms with E-state index in [1.165, 1.54) is 0 Å². The second-order valence-electron chi connectivity index (χ2n) is 4.95. The van der Waals surface area contributed by atoms with Crippen LogP contribution in [0.3, 0.4) is 0 Å². The molecule has 0 aliphatic carbocycles. The lowest BCUT2D eigenvalue weighted by Gasteiger charge is -2.08. The van der Waals surface area contributed by atoms with Gasteiger partial charge in [0.15, 0.2) is 5.65 Å². The van der Waals surface area contributed by atoms with Crippen molar-refractivity contribution in [2.24, 2.45) is 13.0 Å². The van der Waals surface area contributed by atoms with Gasteiger partial charge in [-0.05, 0) is 12.3 Å². The van der Waals surface area contributed by atoms with E-state index in [0.717, 1.165) is 36.4 Å². The Balaban J connectivity index is 1.82. The van der Waals surface area contributed by atoms with Gasteiger partial charge in [-0.25, -0.2) is 9.97 Å². The van der Waals surface area contributed by atoms with Gasteiger partial charge in [0.25, 0.3) is 0 Å². The van der Waals surface area contributed by atoms with Crippen LogP contribution in [0, 0.1) is 5.92 Å². The van der Waals surface area contributed by atoms with Gasteiger partial charge in [0, 0.05) is 20.2 Å². The zero-order chi connectivity index (χ0) is 13.7. The maximum absolute atomic E-state index is 5.56. The van der Waals surface area contributed by atoms with Crippen LogP contribution in [0.2, 0.25) is 0 Å². The van der Waals surface area contributed by atoms with E-state index in [1.807, 2.05) is 7.05 Å². The highest BCUT2D eigenvalue weighted by atomic mass is 16.5. The molecule has 0 aromatic carbocycles. The molecule has 0 fully saturated rings. The van der Waals surface area contributed by atoms with Crippen molar-refractivity contribution in [3.63, 3.8) is 0 Å². The highest BCUT2D eigenvalue weighted by molar-refractivity contribution is 5.85. The number of ether oxygens (including phenoxy) is 1. The van der Waals surface area contributed by atoms with Crippen molar-refractivity contribution in [2.45, 2.75) is 20.3 Å². The maximum atomic E-state index is 5.56. The maximum Gasteiger partial charge on any atom is 0.163 e. The lowest BCUT2D eigenvalue weighted by Crippen LogP contribution is -2.12. The van der Waals surface area contributed by atoms with Crippen molar-refractivity contribution >= 4 is 16.9 Å². The summed E-state index contributed by atoms with van der Waals surface area (Å²) in [5.41, 5.74) is 0.832. The second-order valence-corrected chi connectivity index (χ2v) is 4.95. The molecule has 0 aliphatic heterocycles. The van der Waals surface area contributed by atoms with E-state index in [0.29, 0.717) is 12.5 Å². The van der Waals surface area contributed by atoms with Crippen LogP contribution in [0.25, 0.3) is 11.0 Å². The summed E-state index contributed by atoms with van der Waals surface area (Å²) in [6.45, 7) is 6.62. The molecule has 2 aromatic heterocycles. The second kappa shape index (κ2) is 6.47. The number of fused-ring (bicyclic) bond motifs is 1. The number of hydrogen-bond donors (Lipinski definition) is 1. The molecule has 6 heteroatoms. The first-order chi connectivity index (χ1) is 9.18. The van der Waals surface area contributed by atoms with Gasteiger partial charge in [-0.2, -0.15) is 5.10 Å². The highest BCUT2D eigenvalue weighted by Crippen LogP contribution is 2.17. The van der Waals surface area contributed by atoms with E-state index in [1.54, 1.807) is 17.2 Å². The molecule has 0 saturated heterocycles. The first-order valence-corrected chi connectivity index (χ1v) is 6.63. The van der Waals surface area contributed by atoms with Crippen LogP contribution in [-0.2, 0) is 11.8 Å². The van der Waals surface area contributed by atoms with Crippen molar-refractivity contribution in [3.05, 3.63) is 12.5 Å². The van der Waals surface area contributed by atoms with Crippen LogP contribution in [-0.4, -0.2) is 39.5 Å². The number of anilines is 1. The molecule has 104 valence electrons. The molecule has 2 heterocycles. The molecule has 0 amide bonds. The summed E-state index contributed by atoms with van der Waals surface area (Å²) in [6, 6.07) is 0. The monoisotopic (exact) mass is 263 g/mol. The van der Waals surface area contributed by atoms with E-state index >= 15 is 0 Å². The summed E-state index contributed by atoms with van der Waals surface area (Å²) in [4.78, 5) is 8.43. The van der Waals surface area contributed by atoms with Gasteiger partial charge in [-0.15, -0.1) is 0 Å². The van der Waals surface area contributed by atoms with Crippen LogP contribution in [0.5, 0.6) is 0 Å². The molecule has 6 nitrogen and oxygen atoms in total. The van der Waals surface area contributed by atoms with Gasteiger partial charge in [0.05, 0.1) is 18.2 Å². The van der Waals surface area contributed by atoms with Crippen LogP contribution < -0.4 is 5.32 Å². The summed E-state index contributed by atoms with van der Waals surface area (Å²) < 4.78 is 7.29. The third-order valence-electron chi connectivity index (χ3n) is 2.91. The number of rotatable bonds is 7.